The minimum absolute atomic E-state index is 0.0746. The van der Waals surface area contributed by atoms with Gasteiger partial charge in [0.15, 0.2) is 5.82 Å². The highest BCUT2D eigenvalue weighted by Gasteiger charge is 2.25. The molecule has 10 heteroatoms. The van der Waals surface area contributed by atoms with E-state index in [0.29, 0.717) is 31.1 Å². The van der Waals surface area contributed by atoms with Crippen molar-refractivity contribution in [3.8, 4) is 11.6 Å². The molecule has 27 heavy (non-hydrogen) atoms. The minimum atomic E-state index is -0.0746. The van der Waals surface area contributed by atoms with Crippen molar-refractivity contribution in [2.75, 3.05) is 39.3 Å². The van der Waals surface area contributed by atoms with Crippen LogP contribution in [0.5, 0.6) is 5.75 Å². The van der Waals surface area contributed by atoms with E-state index in [2.05, 4.69) is 30.6 Å². The molecule has 1 aromatic carbocycles. The molecule has 1 fully saturated rings. The molecule has 0 aliphatic carbocycles. The first-order chi connectivity index (χ1) is 13.3. The molecule has 1 aliphatic rings. The van der Waals surface area contributed by atoms with E-state index >= 15 is 0 Å². The molecule has 3 aromatic rings. The maximum absolute atomic E-state index is 12.8. The number of rotatable bonds is 6. The predicted octanol–water partition coefficient (Wildman–Crippen LogP) is 0.222. The standard InChI is InChI=1S/C17H20N8O2/c26-17(15-12-18-20-16(15)25-13-19-21-22-25)24-8-6-23(7-9-24)10-11-27-14-4-2-1-3-5-14/h1-5,12-13H,6-11H2,(H,18,20). The summed E-state index contributed by atoms with van der Waals surface area (Å²) in [7, 11) is 0. The van der Waals surface area contributed by atoms with Gasteiger partial charge in [-0.2, -0.15) is 9.78 Å². The summed E-state index contributed by atoms with van der Waals surface area (Å²) >= 11 is 0. The Morgan fingerprint density at radius 2 is 1.96 bits per heavy atom. The van der Waals surface area contributed by atoms with Gasteiger partial charge in [-0.15, -0.1) is 5.10 Å². The van der Waals surface area contributed by atoms with Crippen LogP contribution in [0.15, 0.2) is 42.9 Å². The van der Waals surface area contributed by atoms with Gasteiger partial charge in [-0.3, -0.25) is 14.8 Å². The van der Waals surface area contributed by atoms with Crippen LogP contribution in [0.2, 0.25) is 0 Å². The second-order valence-electron chi connectivity index (χ2n) is 6.18. The number of carbonyl (C=O) groups excluding carboxylic acids is 1. The van der Waals surface area contributed by atoms with Crippen molar-refractivity contribution in [1.29, 1.82) is 0 Å². The predicted molar refractivity (Wildman–Crippen MR) is 95.6 cm³/mol. The Morgan fingerprint density at radius 3 is 2.70 bits per heavy atom. The number of carbonyl (C=O) groups is 1. The number of hydrogen-bond acceptors (Lipinski definition) is 7. The van der Waals surface area contributed by atoms with Gasteiger partial charge in [-0.05, 0) is 22.6 Å². The van der Waals surface area contributed by atoms with Gasteiger partial charge in [0, 0.05) is 32.7 Å². The molecule has 140 valence electrons. The fourth-order valence-corrected chi connectivity index (χ4v) is 3.03. The Kier molecular flexibility index (Phi) is 5.06. The van der Waals surface area contributed by atoms with Crippen LogP contribution in [0, 0.1) is 0 Å². The lowest BCUT2D eigenvalue weighted by Gasteiger charge is -2.34. The number of nitrogens with one attached hydrogen (secondary N) is 1. The molecule has 2 aromatic heterocycles. The zero-order chi connectivity index (χ0) is 18.5. The summed E-state index contributed by atoms with van der Waals surface area (Å²) in [6.45, 7) is 4.39. The summed E-state index contributed by atoms with van der Waals surface area (Å²) in [6, 6.07) is 9.78. The highest BCUT2D eigenvalue weighted by Crippen LogP contribution is 2.14. The lowest BCUT2D eigenvalue weighted by molar-refractivity contribution is 0.0620. The number of aromatic amines is 1. The molecule has 3 heterocycles. The average molecular weight is 368 g/mol. The molecule has 0 bridgehead atoms. The third-order valence-electron chi connectivity index (χ3n) is 4.51. The molecule has 0 saturated carbocycles. The van der Waals surface area contributed by atoms with E-state index in [4.69, 9.17) is 4.74 Å². The molecular formula is C17H20N8O2. The number of benzene rings is 1. The van der Waals surface area contributed by atoms with E-state index in [-0.39, 0.29) is 5.91 Å². The summed E-state index contributed by atoms with van der Waals surface area (Å²) < 4.78 is 7.14. The number of para-hydroxylation sites is 1. The number of tetrazole rings is 1. The van der Waals surface area contributed by atoms with Gasteiger partial charge < -0.3 is 9.64 Å². The lowest BCUT2D eigenvalue weighted by atomic mass is 10.2. The van der Waals surface area contributed by atoms with Crippen molar-refractivity contribution in [3.05, 3.63) is 48.4 Å². The second kappa shape index (κ2) is 7.96. The van der Waals surface area contributed by atoms with Gasteiger partial charge >= 0.3 is 0 Å². The number of aromatic nitrogens is 6. The Balaban J connectivity index is 1.28. The molecule has 0 spiro atoms. The van der Waals surface area contributed by atoms with Crippen LogP contribution in [-0.4, -0.2) is 85.4 Å². The van der Waals surface area contributed by atoms with Crippen molar-refractivity contribution < 1.29 is 9.53 Å². The fourth-order valence-electron chi connectivity index (χ4n) is 3.03. The van der Waals surface area contributed by atoms with Crippen LogP contribution in [0.3, 0.4) is 0 Å². The highest BCUT2D eigenvalue weighted by atomic mass is 16.5. The molecule has 0 atom stereocenters. The molecule has 1 saturated heterocycles. The first kappa shape index (κ1) is 17.2. The zero-order valence-corrected chi connectivity index (χ0v) is 14.7. The normalized spacial score (nSPS) is 15.0. The number of H-pyrrole nitrogens is 1. The van der Waals surface area contributed by atoms with E-state index in [1.54, 1.807) is 0 Å². The molecule has 0 unspecified atom stereocenters. The highest BCUT2D eigenvalue weighted by molar-refractivity contribution is 5.97. The minimum Gasteiger partial charge on any atom is -0.492 e. The van der Waals surface area contributed by atoms with Gasteiger partial charge in [-0.25, -0.2) is 0 Å². The van der Waals surface area contributed by atoms with E-state index in [9.17, 15) is 4.79 Å². The van der Waals surface area contributed by atoms with Crippen molar-refractivity contribution in [2.24, 2.45) is 0 Å². The van der Waals surface area contributed by atoms with Gasteiger partial charge in [-0.1, -0.05) is 18.2 Å². The molecule has 1 N–H and O–H groups in total. The summed E-state index contributed by atoms with van der Waals surface area (Å²) in [5.41, 5.74) is 0.461. The molecule has 4 rings (SSSR count). The summed E-state index contributed by atoms with van der Waals surface area (Å²) in [5, 5.41) is 17.7. The quantitative estimate of drug-likeness (QED) is 0.664. The number of ether oxygens (including phenoxy) is 1. The van der Waals surface area contributed by atoms with Gasteiger partial charge in [0.1, 0.15) is 24.2 Å². The van der Waals surface area contributed by atoms with Crippen molar-refractivity contribution in [3.63, 3.8) is 0 Å². The van der Waals surface area contributed by atoms with Crippen LogP contribution < -0.4 is 4.74 Å². The molecule has 1 amide bonds. The van der Waals surface area contributed by atoms with Crippen LogP contribution in [0.25, 0.3) is 5.82 Å². The van der Waals surface area contributed by atoms with Gasteiger partial charge in [0.05, 0.1) is 6.20 Å². The van der Waals surface area contributed by atoms with E-state index in [0.717, 1.165) is 25.4 Å². The summed E-state index contributed by atoms with van der Waals surface area (Å²) in [4.78, 5) is 16.9. The lowest BCUT2D eigenvalue weighted by Crippen LogP contribution is -2.49. The number of nitrogens with zero attached hydrogens (tertiary/aromatic N) is 7. The Bertz CT molecular complexity index is 856. The van der Waals surface area contributed by atoms with Crippen molar-refractivity contribution >= 4 is 5.91 Å². The topological polar surface area (TPSA) is 105 Å². The first-order valence-corrected chi connectivity index (χ1v) is 8.77. The van der Waals surface area contributed by atoms with E-state index < -0.39 is 0 Å². The molecular weight excluding hydrogens is 348 g/mol. The smallest absolute Gasteiger partial charge is 0.259 e. The monoisotopic (exact) mass is 368 g/mol. The third-order valence-corrected chi connectivity index (χ3v) is 4.51. The third kappa shape index (κ3) is 3.95. The van der Waals surface area contributed by atoms with Gasteiger partial charge in [0.25, 0.3) is 5.91 Å². The van der Waals surface area contributed by atoms with Crippen molar-refractivity contribution in [2.45, 2.75) is 0 Å². The Morgan fingerprint density at radius 1 is 1.15 bits per heavy atom. The number of piperazine rings is 1. The van der Waals surface area contributed by atoms with Crippen LogP contribution in [-0.2, 0) is 0 Å². The molecule has 1 aliphatic heterocycles. The maximum Gasteiger partial charge on any atom is 0.259 e. The Hall–Kier alpha value is -3.27. The average Bonchev–Trinajstić information content (AvgIpc) is 3.40. The molecule has 10 nitrogen and oxygen atoms in total. The number of hydrogen-bond donors (Lipinski definition) is 1. The van der Waals surface area contributed by atoms with Gasteiger partial charge in [0.2, 0.25) is 0 Å². The maximum atomic E-state index is 12.8. The van der Waals surface area contributed by atoms with Crippen LogP contribution in [0.1, 0.15) is 10.4 Å². The summed E-state index contributed by atoms with van der Waals surface area (Å²) in [5.74, 6) is 1.28. The molecule has 0 radical (unpaired) electrons. The van der Waals surface area contributed by atoms with E-state index in [1.165, 1.54) is 17.2 Å². The fraction of sp³-hybridized carbons (Fsp3) is 0.353. The second-order valence-corrected chi connectivity index (χ2v) is 6.18. The SMILES string of the molecule is O=C(c1cn[nH]c1-n1cnnn1)N1CCN(CCOc2ccccc2)CC1. The van der Waals surface area contributed by atoms with Crippen LogP contribution >= 0.6 is 0 Å². The first-order valence-electron chi connectivity index (χ1n) is 8.77. The summed E-state index contributed by atoms with van der Waals surface area (Å²) in [6.07, 6.45) is 2.94. The largest absolute Gasteiger partial charge is 0.492 e. The van der Waals surface area contributed by atoms with Crippen LogP contribution in [0.4, 0.5) is 0 Å². The Labute approximate surface area is 155 Å². The number of amides is 1. The zero-order valence-electron chi connectivity index (χ0n) is 14.7. The van der Waals surface area contributed by atoms with Crippen molar-refractivity contribution in [1.82, 2.24) is 40.2 Å². The van der Waals surface area contributed by atoms with E-state index in [1.807, 2.05) is 35.2 Å².